The Balaban J connectivity index is 2.14. The highest BCUT2D eigenvalue weighted by Gasteiger charge is 2.33. The topological polar surface area (TPSA) is 74.6 Å². The lowest BCUT2D eigenvalue weighted by molar-refractivity contribution is -0.124. The number of hydrogen-bond donors (Lipinski definition) is 1. The van der Waals surface area contributed by atoms with Crippen LogP contribution in [0.1, 0.15) is 45.2 Å². The number of carbonyl (C=O) groups is 1. The van der Waals surface area contributed by atoms with Crippen molar-refractivity contribution in [2.75, 3.05) is 27.3 Å². The van der Waals surface area contributed by atoms with Crippen LogP contribution in [-0.4, -0.2) is 43.7 Å². The molecule has 1 aromatic rings. The van der Waals surface area contributed by atoms with Gasteiger partial charge in [0.15, 0.2) is 0 Å². The summed E-state index contributed by atoms with van der Waals surface area (Å²) < 4.78 is 10.8. The van der Waals surface area contributed by atoms with E-state index < -0.39 is 5.54 Å². The zero-order chi connectivity index (χ0) is 19.3. The molecule has 1 amide bonds. The van der Waals surface area contributed by atoms with Crippen LogP contribution >= 0.6 is 0 Å². The SMILES string of the molecule is COc1ccc([C@H]2CCCN2CC(=O)N[C@](C)(C#N)C(C)C)c(OC)c1. The molecule has 2 rings (SSSR count). The van der Waals surface area contributed by atoms with Gasteiger partial charge in [-0.1, -0.05) is 19.9 Å². The van der Waals surface area contributed by atoms with Crippen molar-refractivity contribution in [3.05, 3.63) is 23.8 Å². The van der Waals surface area contributed by atoms with Gasteiger partial charge in [0.2, 0.25) is 5.91 Å². The maximum atomic E-state index is 12.6. The molecule has 6 nitrogen and oxygen atoms in total. The van der Waals surface area contributed by atoms with Crippen molar-refractivity contribution in [3.63, 3.8) is 0 Å². The number of nitrogens with zero attached hydrogens (tertiary/aromatic N) is 2. The summed E-state index contributed by atoms with van der Waals surface area (Å²) in [6.07, 6.45) is 1.99. The van der Waals surface area contributed by atoms with Gasteiger partial charge in [0, 0.05) is 17.7 Å². The molecule has 142 valence electrons. The van der Waals surface area contributed by atoms with Crippen molar-refractivity contribution in [2.24, 2.45) is 5.92 Å². The van der Waals surface area contributed by atoms with Crippen LogP contribution in [0.3, 0.4) is 0 Å². The van der Waals surface area contributed by atoms with Gasteiger partial charge in [-0.05, 0) is 38.3 Å². The molecule has 2 atom stereocenters. The van der Waals surface area contributed by atoms with Crippen LogP contribution < -0.4 is 14.8 Å². The molecule has 1 heterocycles. The van der Waals surface area contributed by atoms with E-state index in [4.69, 9.17) is 9.47 Å². The first-order chi connectivity index (χ1) is 12.3. The molecule has 1 aliphatic rings. The molecule has 1 aliphatic heterocycles. The molecule has 0 aliphatic carbocycles. The number of benzene rings is 1. The number of hydrogen-bond acceptors (Lipinski definition) is 5. The summed E-state index contributed by atoms with van der Waals surface area (Å²) in [5, 5.41) is 12.3. The van der Waals surface area contributed by atoms with Gasteiger partial charge >= 0.3 is 0 Å². The number of likely N-dealkylation sites (tertiary alicyclic amines) is 1. The van der Waals surface area contributed by atoms with Crippen molar-refractivity contribution in [2.45, 2.75) is 45.2 Å². The minimum Gasteiger partial charge on any atom is -0.497 e. The normalized spacial score (nSPS) is 19.7. The zero-order valence-electron chi connectivity index (χ0n) is 16.3. The van der Waals surface area contributed by atoms with Crippen LogP contribution in [0.4, 0.5) is 0 Å². The highest BCUT2D eigenvalue weighted by atomic mass is 16.5. The molecule has 0 aromatic heterocycles. The van der Waals surface area contributed by atoms with Gasteiger partial charge in [-0.3, -0.25) is 9.69 Å². The smallest absolute Gasteiger partial charge is 0.235 e. The van der Waals surface area contributed by atoms with Crippen LogP contribution in [0, 0.1) is 17.2 Å². The Morgan fingerprint density at radius 1 is 1.42 bits per heavy atom. The molecular weight excluding hydrogens is 330 g/mol. The van der Waals surface area contributed by atoms with Gasteiger partial charge in [0.1, 0.15) is 17.0 Å². The number of ether oxygens (including phenoxy) is 2. The maximum Gasteiger partial charge on any atom is 0.235 e. The van der Waals surface area contributed by atoms with Crippen molar-refractivity contribution in [1.82, 2.24) is 10.2 Å². The summed E-state index contributed by atoms with van der Waals surface area (Å²) in [5.74, 6) is 1.43. The van der Waals surface area contributed by atoms with Crippen LogP contribution in [0.5, 0.6) is 11.5 Å². The second-order valence-corrected chi connectivity index (χ2v) is 7.25. The van der Waals surface area contributed by atoms with Crippen molar-refractivity contribution < 1.29 is 14.3 Å². The van der Waals surface area contributed by atoms with Gasteiger partial charge in [-0.25, -0.2) is 0 Å². The van der Waals surface area contributed by atoms with Crippen LogP contribution in [0.15, 0.2) is 18.2 Å². The number of nitriles is 1. The highest BCUT2D eigenvalue weighted by Crippen LogP contribution is 2.38. The van der Waals surface area contributed by atoms with Gasteiger partial charge in [-0.15, -0.1) is 0 Å². The quantitative estimate of drug-likeness (QED) is 0.810. The first-order valence-electron chi connectivity index (χ1n) is 9.03. The standard InChI is InChI=1S/C20H29N3O3/c1-14(2)20(3,13-21)22-19(24)12-23-10-6-7-17(23)16-9-8-15(25-4)11-18(16)26-5/h8-9,11,14,17H,6-7,10,12H2,1-5H3,(H,22,24)/t17-,20-/m1/s1. The molecule has 0 saturated carbocycles. The van der Waals surface area contributed by atoms with E-state index in [1.807, 2.05) is 32.0 Å². The van der Waals surface area contributed by atoms with Crippen LogP contribution in [0.25, 0.3) is 0 Å². The third-order valence-electron chi connectivity index (χ3n) is 5.30. The lowest BCUT2D eigenvalue weighted by Crippen LogP contribution is -2.51. The second-order valence-electron chi connectivity index (χ2n) is 7.25. The van der Waals surface area contributed by atoms with Crippen LogP contribution in [-0.2, 0) is 4.79 Å². The summed E-state index contributed by atoms with van der Waals surface area (Å²) in [6.45, 7) is 6.75. The number of carbonyl (C=O) groups excluding carboxylic acids is 1. The minimum atomic E-state index is -0.857. The van der Waals surface area contributed by atoms with E-state index in [1.54, 1.807) is 21.1 Å². The number of methoxy groups -OCH3 is 2. The Labute approximate surface area is 156 Å². The summed E-state index contributed by atoms with van der Waals surface area (Å²) >= 11 is 0. The molecular formula is C20H29N3O3. The Morgan fingerprint density at radius 2 is 2.15 bits per heavy atom. The maximum absolute atomic E-state index is 12.6. The average molecular weight is 359 g/mol. The molecule has 0 unspecified atom stereocenters. The van der Waals surface area contributed by atoms with Crippen molar-refractivity contribution >= 4 is 5.91 Å². The fourth-order valence-electron chi connectivity index (χ4n) is 3.28. The van der Waals surface area contributed by atoms with E-state index in [2.05, 4.69) is 16.3 Å². The van der Waals surface area contributed by atoms with E-state index in [1.165, 1.54) is 0 Å². The Kier molecular flexibility index (Phi) is 6.49. The van der Waals surface area contributed by atoms with E-state index in [0.29, 0.717) is 0 Å². The molecule has 0 radical (unpaired) electrons. The summed E-state index contributed by atoms with van der Waals surface area (Å²) in [5.41, 5.74) is 0.204. The van der Waals surface area contributed by atoms with E-state index >= 15 is 0 Å². The average Bonchev–Trinajstić information content (AvgIpc) is 3.08. The Hall–Kier alpha value is -2.26. The third kappa shape index (κ3) is 4.28. The highest BCUT2D eigenvalue weighted by molar-refractivity contribution is 5.79. The monoisotopic (exact) mass is 359 g/mol. The zero-order valence-corrected chi connectivity index (χ0v) is 16.3. The van der Waals surface area contributed by atoms with Gasteiger partial charge in [-0.2, -0.15) is 5.26 Å². The molecule has 1 aromatic carbocycles. The van der Waals surface area contributed by atoms with Crippen molar-refractivity contribution in [3.8, 4) is 17.6 Å². The van der Waals surface area contributed by atoms with Gasteiger partial charge < -0.3 is 14.8 Å². The van der Waals surface area contributed by atoms with E-state index in [0.717, 1.165) is 36.4 Å². The predicted molar refractivity (Wildman–Crippen MR) is 100 cm³/mol. The van der Waals surface area contributed by atoms with E-state index in [-0.39, 0.29) is 24.4 Å². The van der Waals surface area contributed by atoms with Crippen molar-refractivity contribution in [1.29, 1.82) is 5.26 Å². The lowest BCUT2D eigenvalue weighted by atomic mass is 9.90. The molecule has 0 spiro atoms. The molecule has 1 saturated heterocycles. The molecule has 1 fully saturated rings. The Morgan fingerprint density at radius 3 is 2.73 bits per heavy atom. The van der Waals surface area contributed by atoms with Crippen LogP contribution in [0.2, 0.25) is 0 Å². The lowest BCUT2D eigenvalue weighted by Gasteiger charge is -2.30. The fourth-order valence-corrected chi connectivity index (χ4v) is 3.28. The first kappa shape index (κ1) is 20.1. The van der Waals surface area contributed by atoms with E-state index in [9.17, 15) is 10.1 Å². The first-order valence-corrected chi connectivity index (χ1v) is 9.03. The summed E-state index contributed by atoms with van der Waals surface area (Å²) in [4.78, 5) is 14.7. The largest absolute Gasteiger partial charge is 0.497 e. The molecule has 0 bridgehead atoms. The van der Waals surface area contributed by atoms with Gasteiger partial charge in [0.05, 0.1) is 26.8 Å². The molecule has 1 N–H and O–H groups in total. The minimum absolute atomic E-state index is 0.0347. The fraction of sp³-hybridized carbons (Fsp3) is 0.600. The Bertz CT molecular complexity index is 683. The number of rotatable bonds is 7. The van der Waals surface area contributed by atoms with Gasteiger partial charge in [0.25, 0.3) is 0 Å². The third-order valence-corrected chi connectivity index (χ3v) is 5.30. The number of nitrogens with one attached hydrogen (secondary N) is 1. The summed E-state index contributed by atoms with van der Waals surface area (Å²) in [6, 6.07) is 8.14. The molecule has 26 heavy (non-hydrogen) atoms. The second kappa shape index (κ2) is 8.41. The number of amides is 1. The summed E-state index contributed by atoms with van der Waals surface area (Å²) in [7, 11) is 3.27. The molecule has 6 heteroatoms. The predicted octanol–water partition coefficient (Wildman–Crippen LogP) is 2.90.